The third-order valence-corrected chi connectivity index (χ3v) is 1.76. The first-order chi connectivity index (χ1) is 5.31. The van der Waals surface area contributed by atoms with Crippen molar-refractivity contribution in [2.45, 2.75) is 51.6 Å². The lowest BCUT2D eigenvalue weighted by atomic mass is 10.1. The number of hydrogen-bond acceptors (Lipinski definition) is 2. The molecule has 1 atom stereocenters. The van der Waals surface area contributed by atoms with Crippen molar-refractivity contribution < 1.29 is 9.90 Å². The largest absolute Gasteiger partial charge is 0.386 e. The van der Waals surface area contributed by atoms with Crippen LogP contribution in [0.1, 0.15) is 45.4 Å². The Morgan fingerprint density at radius 2 is 1.91 bits per heavy atom. The summed E-state index contributed by atoms with van der Waals surface area (Å²) in [7, 11) is 0. The molecule has 66 valence electrons. The third-order valence-electron chi connectivity index (χ3n) is 1.76. The molecule has 1 N–H and O–H groups in total. The molecule has 0 aliphatic carbocycles. The Kier molecular flexibility index (Phi) is 7.47. The minimum absolute atomic E-state index is 0.611. The van der Waals surface area contributed by atoms with Gasteiger partial charge in [-0.2, -0.15) is 0 Å². The van der Waals surface area contributed by atoms with Crippen LogP contribution >= 0.6 is 0 Å². The van der Waals surface area contributed by atoms with Gasteiger partial charge in [0.15, 0.2) is 0 Å². The summed E-state index contributed by atoms with van der Waals surface area (Å²) in [5, 5.41) is 8.85. The summed E-state index contributed by atoms with van der Waals surface area (Å²) in [6, 6.07) is 0. The smallest absolute Gasteiger partial charge is 0.148 e. The zero-order valence-corrected chi connectivity index (χ0v) is 7.25. The van der Waals surface area contributed by atoms with Gasteiger partial charge in [0.05, 0.1) is 0 Å². The molecule has 0 aliphatic rings. The normalized spacial score (nSPS) is 12.9. The number of aliphatic hydroxyl groups excluding tert-OH is 1. The lowest BCUT2D eigenvalue weighted by Gasteiger charge is -2.01. The van der Waals surface area contributed by atoms with Gasteiger partial charge in [-0.05, 0) is 6.42 Å². The van der Waals surface area contributed by atoms with Gasteiger partial charge in [-0.3, -0.25) is 0 Å². The van der Waals surface area contributed by atoms with Crippen molar-refractivity contribution in [3.05, 3.63) is 0 Å². The Hall–Kier alpha value is -0.370. The second kappa shape index (κ2) is 7.73. The van der Waals surface area contributed by atoms with E-state index in [2.05, 4.69) is 6.92 Å². The molecule has 0 rings (SSSR count). The van der Waals surface area contributed by atoms with Crippen LogP contribution < -0.4 is 0 Å². The van der Waals surface area contributed by atoms with Gasteiger partial charge in [0.25, 0.3) is 0 Å². The zero-order valence-electron chi connectivity index (χ0n) is 7.25. The van der Waals surface area contributed by atoms with Gasteiger partial charge >= 0.3 is 0 Å². The molecule has 0 aromatic heterocycles. The average Bonchev–Trinajstić information content (AvgIpc) is 2.04. The molecular formula is C9H18O2. The molecule has 0 aromatic carbocycles. The highest BCUT2D eigenvalue weighted by molar-refractivity contribution is 5.55. The van der Waals surface area contributed by atoms with Crippen LogP contribution in [0.5, 0.6) is 0 Å². The molecule has 0 heterocycles. The lowest BCUT2D eigenvalue weighted by Crippen LogP contribution is -2.06. The monoisotopic (exact) mass is 158 g/mol. The molecular weight excluding hydrogens is 140 g/mol. The van der Waals surface area contributed by atoms with Crippen molar-refractivity contribution in [3.63, 3.8) is 0 Å². The summed E-state index contributed by atoms with van der Waals surface area (Å²) in [6.45, 7) is 2.17. The SMILES string of the molecule is CCCCCCCC(O)C=O. The van der Waals surface area contributed by atoms with E-state index in [-0.39, 0.29) is 0 Å². The molecule has 1 unspecified atom stereocenters. The molecule has 11 heavy (non-hydrogen) atoms. The number of carbonyl (C=O) groups is 1. The van der Waals surface area contributed by atoms with Crippen molar-refractivity contribution in [3.8, 4) is 0 Å². The maximum Gasteiger partial charge on any atom is 0.148 e. The van der Waals surface area contributed by atoms with E-state index < -0.39 is 6.10 Å². The molecule has 0 aliphatic heterocycles. The minimum atomic E-state index is -0.725. The van der Waals surface area contributed by atoms with Gasteiger partial charge in [-0.1, -0.05) is 39.0 Å². The average molecular weight is 158 g/mol. The first-order valence-corrected chi connectivity index (χ1v) is 4.44. The molecule has 2 nitrogen and oxygen atoms in total. The fraction of sp³-hybridized carbons (Fsp3) is 0.889. The molecule has 0 aromatic rings. The summed E-state index contributed by atoms with van der Waals surface area (Å²) >= 11 is 0. The first kappa shape index (κ1) is 10.6. The first-order valence-electron chi connectivity index (χ1n) is 4.44. The summed E-state index contributed by atoms with van der Waals surface area (Å²) in [5.74, 6) is 0. The number of carbonyl (C=O) groups excluding carboxylic acids is 1. The van der Waals surface area contributed by atoms with E-state index in [0.717, 1.165) is 12.8 Å². The predicted molar refractivity (Wildman–Crippen MR) is 45.4 cm³/mol. The summed E-state index contributed by atoms with van der Waals surface area (Å²) in [5.41, 5.74) is 0. The number of aliphatic hydroxyl groups is 1. The molecule has 0 saturated heterocycles. The maximum absolute atomic E-state index is 9.97. The number of rotatable bonds is 7. The van der Waals surface area contributed by atoms with Crippen LogP contribution in [0.25, 0.3) is 0 Å². The molecule has 0 fully saturated rings. The molecule has 0 amide bonds. The van der Waals surface area contributed by atoms with E-state index in [4.69, 9.17) is 5.11 Å². The number of hydrogen-bond donors (Lipinski definition) is 1. The summed E-state index contributed by atoms with van der Waals surface area (Å²) in [6.07, 6.45) is 6.35. The van der Waals surface area contributed by atoms with Gasteiger partial charge in [-0.15, -0.1) is 0 Å². The van der Waals surface area contributed by atoms with Gasteiger partial charge in [0.1, 0.15) is 12.4 Å². The van der Waals surface area contributed by atoms with Gasteiger partial charge in [0.2, 0.25) is 0 Å². The van der Waals surface area contributed by atoms with Crippen LogP contribution in [0, 0.1) is 0 Å². The van der Waals surface area contributed by atoms with Crippen LogP contribution in [-0.4, -0.2) is 17.5 Å². The Morgan fingerprint density at radius 1 is 1.27 bits per heavy atom. The highest BCUT2D eigenvalue weighted by Crippen LogP contribution is 2.05. The molecule has 0 spiro atoms. The van der Waals surface area contributed by atoms with Crippen LogP contribution in [0.4, 0.5) is 0 Å². The Labute approximate surface area is 68.6 Å². The van der Waals surface area contributed by atoms with Crippen LogP contribution in [0.3, 0.4) is 0 Å². The quantitative estimate of drug-likeness (QED) is 0.454. The van der Waals surface area contributed by atoms with Gasteiger partial charge in [-0.25, -0.2) is 0 Å². The van der Waals surface area contributed by atoms with E-state index in [1.807, 2.05) is 0 Å². The van der Waals surface area contributed by atoms with Crippen molar-refractivity contribution >= 4 is 6.29 Å². The standard InChI is InChI=1S/C9H18O2/c1-2-3-4-5-6-7-9(11)8-10/h8-9,11H,2-7H2,1H3. The number of unbranched alkanes of at least 4 members (excludes halogenated alkanes) is 4. The summed E-state index contributed by atoms with van der Waals surface area (Å²) < 4.78 is 0. The van der Waals surface area contributed by atoms with Gasteiger partial charge < -0.3 is 9.90 Å². The van der Waals surface area contributed by atoms with Crippen molar-refractivity contribution in [2.75, 3.05) is 0 Å². The van der Waals surface area contributed by atoms with Gasteiger partial charge in [0, 0.05) is 0 Å². The molecule has 2 heteroatoms. The Morgan fingerprint density at radius 3 is 2.45 bits per heavy atom. The topological polar surface area (TPSA) is 37.3 Å². The van der Waals surface area contributed by atoms with Crippen LogP contribution in [0.15, 0.2) is 0 Å². The fourth-order valence-electron chi connectivity index (χ4n) is 1.03. The Bertz CT molecular complexity index is 91.6. The van der Waals surface area contributed by atoms with Crippen LogP contribution in [0.2, 0.25) is 0 Å². The van der Waals surface area contributed by atoms with Crippen molar-refractivity contribution in [1.29, 1.82) is 0 Å². The van der Waals surface area contributed by atoms with E-state index >= 15 is 0 Å². The zero-order chi connectivity index (χ0) is 8.53. The third kappa shape index (κ3) is 7.53. The highest BCUT2D eigenvalue weighted by atomic mass is 16.3. The van der Waals surface area contributed by atoms with Crippen molar-refractivity contribution in [2.24, 2.45) is 0 Å². The van der Waals surface area contributed by atoms with E-state index in [1.54, 1.807) is 0 Å². The molecule has 0 saturated carbocycles. The number of aldehydes is 1. The van der Waals surface area contributed by atoms with E-state index in [9.17, 15) is 4.79 Å². The van der Waals surface area contributed by atoms with Crippen molar-refractivity contribution in [1.82, 2.24) is 0 Å². The second-order valence-electron chi connectivity index (χ2n) is 2.91. The van der Waals surface area contributed by atoms with E-state index in [0.29, 0.717) is 12.7 Å². The fourth-order valence-corrected chi connectivity index (χ4v) is 1.03. The summed E-state index contributed by atoms with van der Waals surface area (Å²) in [4.78, 5) is 9.97. The second-order valence-corrected chi connectivity index (χ2v) is 2.91. The maximum atomic E-state index is 9.97. The predicted octanol–water partition coefficient (Wildman–Crippen LogP) is 1.91. The Balaban J connectivity index is 2.95. The minimum Gasteiger partial charge on any atom is -0.386 e. The van der Waals surface area contributed by atoms with E-state index in [1.165, 1.54) is 19.3 Å². The molecule has 0 radical (unpaired) electrons. The lowest BCUT2D eigenvalue weighted by molar-refractivity contribution is -0.115. The van der Waals surface area contributed by atoms with Crippen LogP contribution in [-0.2, 0) is 4.79 Å². The molecule has 0 bridgehead atoms. The highest BCUT2D eigenvalue weighted by Gasteiger charge is 1.99.